The van der Waals surface area contributed by atoms with E-state index in [2.05, 4.69) is 0 Å². The van der Waals surface area contributed by atoms with Crippen molar-refractivity contribution in [2.75, 3.05) is 13.2 Å². The summed E-state index contributed by atoms with van der Waals surface area (Å²) in [6.45, 7) is 0.874. The minimum Gasteiger partial charge on any atom is -0.507 e. The van der Waals surface area contributed by atoms with Gasteiger partial charge in [-0.2, -0.15) is 0 Å². The Kier molecular flexibility index (Phi) is 14.3. The lowest BCUT2D eigenvalue weighted by Crippen LogP contribution is -2.64. The maximum atomic E-state index is 14.5. The number of aromatic hydroxyl groups is 4. The van der Waals surface area contributed by atoms with E-state index in [-0.39, 0.29) is 0 Å². The molecule has 5 heterocycles. The van der Waals surface area contributed by atoms with E-state index >= 15 is 0 Å². The van der Waals surface area contributed by atoms with Crippen LogP contribution < -0.4 is 14.9 Å². The van der Waals surface area contributed by atoms with Gasteiger partial charge in [-0.15, -0.1) is 0 Å². The molecule has 16 N–H and O–H groups in total. The zero-order valence-corrected chi connectivity index (χ0v) is 34.0. The summed E-state index contributed by atoms with van der Waals surface area (Å²) in [5.41, 5.74) is -2.21. The summed E-state index contributed by atoms with van der Waals surface area (Å²) in [5.74, 6) is -5.85. The molecular formula is C39H50O26. The summed E-state index contributed by atoms with van der Waals surface area (Å²) in [6, 6.07) is 3.46. The van der Waals surface area contributed by atoms with Gasteiger partial charge in [0.15, 0.2) is 47.8 Å². The lowest BCUT2D eigenvalue weighted by molar-refractivity contribution is -0.355. The van der Waals surface area contributed by atoms with E-state index in [1.165, 1.54) is 13.8 Å². The van der Waals surface area contributed by atoms with Crippen molar-refractivity contribution in [2.24, 2.45) is 0 Å². The Hall–Kier alpha value is -4.27. The van der Waals surface area contributed by atoms with Crippen molar-refractivity contribution in [1.82, 2.24) is 0 Å². The molecule has 2 aromatic carbocycles. The van der Waals surface area contributed by atoms with E-state index in [1.807, 2.05) is 0 Å². The van der Waals surface area contributed by atoms with Crippen molar-refractivity contribution in [1.29, 1.82) is 0 Å². The standard InChI is InChI=1S/C39H50O26/c1-9-20(45)26(51)30(55)36(57-9)64-35-29(54)24(49)18(8-41)62-39(35)63-33-25(50)19-13(42)5-12(6-16(19)60-32(33)11-3-14(43)22(47)15(44)4-11)59-38-34(28(53)21(46)10(2)58-38)65-37-31(56)27(52)23(48)17(7-40)61-37/h3-6,9-10,17-18,20-21,23-24,26-31,34-49,51-56H,7-8H2,1-2H3. The van der Waals surface area contributed by atoms with E-state index in [0.717, 1.165) is 24.3 Å². The highest BCUT2D eigenvalue weighted by molar-refractivity contribution is 5.88. The van der Waals surface area contributed by atoms with Gasteiger partial charge in [-0.3, -0.25) is 4.79 Å². The average Bonchev–Trinajstić information content (AvgIpc) is 3.27. The summed E-state index contributed by atoms with van der Waals surface area (Å²) in [5, 5.41) is 167. The van der Waals surface area contributed by atoms with E-state index in [1.54, 1.807) is 0 Å². The summed E-state index contributed by atoms with van der Waals surface area (Å²) in [7, 11) is 0. The van der Waals surface area contributed by atoms with Crippen molar-refractivity contribution in [3.05, 3.63) is 34.5 Å². The van der Waals surface area contributed by atoms with Crippen LogP contribution in [0.15, 0.2) is 33.5 Å². The Morgan fingerprint density at radius 2 is 0.985 bits per heavy atom. The second-order valence-corrected chi connectivity index (χ2v) is 16.0. The Morgan fingerprint density at radius 1 is 0.523 bits per heavy atom. The first-order valence-corrected chi connectivity index (χ1v) is 20.0. The van der Waals surface area contributed by atoms with Crippen LogP contribution in [0.25, 0.3) is 22.3 Å². The SMILES string of the molecule is CC1OC(OC2C(Oc3c(-c4cc(O)c(O)c(O)c4)oc4cc(OC5OC(C)C(O)C(O)C5OC5OC(CO)C(O)C(O)C5O)cc(O)c4c3=O)OC(CO)C(O)C2O)C(O)C(O)C1O. The van der Waals surface area contributed by atoms with Crippen LogP contribution in [0.2, 0.25) is 0 Å². The number of phenolic OH excluding ortho intramolecular Hbond substituents is 4. The van der Waals surface area contributed by atoms with Gasteiger partial charge in [-0.05, 0) is 26.0 Å². The molecule has 4 saturated heterocycles. The number of aliphatic hydroxyl groups excluding tert-OH is 12. The van der Waals surface area contributed by atoms with Crippen LogP contribution in [0, 0.1) is 0 Å². The monoisotopic (exact) mass is 934 g/mol. The largest absolute Gasteiger partial charge is 0.507 e. The molecule has 0 aliphatic carbocycles. The third kappa shape index (κ3) is 9.12. The molecule has 362 valence electrons. The Morgan fingerprint density at radius 3 is 1.55 bits per heavy atom. The first-order valence-electron chi connectivity index (χ1n) is 20.0. The highest BCUT2D eigenvalue weighted by Gasteiger charge is 2.53. The summed E-state index contributed by atoms with van der Waals surface area (Å²) >= 11 is 0. The molecule has 7 rings (SSSR count). The third-order valence-corrected chi connectivity index (χ3v) is 11.6. The molecule has 0 spiro atoms. The number of rotatable bonds is 11. The molecule has 4 aliphatic heterocycles. The number of fused-ring (bicyclic) bond motifs is 1. The fourth-order valence-corrected chi connectivity index (χ4v) is 7.76. The number of ether oxygens (including phenoxy) is 8. The van der Waals surface area contributed by atoms with Crippen LogP contribution in [-0.4, -0.2) is 218 Å². The number of hydrogen-bond donors (Lipinski definition) is 16. The van der Waals surface area contributed by atoms with Gasteiger partial charge < -0.3 is 124 Å². The molecule has 26 nitrogen and oxygen atoms in total. The molecule has 20 unspecified atom stereocenters. The summed E-state index contributed by atoms with van der Waals surface area (Å²) < 4.78 is 51.6. The highest BCUT2D eigenvalue weighted by atomic mass is 16.8. The van der Waals surface area contributed by atoms with Crippen LogP contribution in [0.1, 0.15) is 13.8 Å². The molecule has 26 heteroatoms. The Balaban J connectivity index is 1.29. The van der Waals surface area contributed by atoms with Crippen LogP contribution in [0.5, 0.6) is 34.5 Å². The molecule has 3 aromatic rings. The van der Waals surface area contributed by atoms with Gasteiger partial charge in [0.1, 0.15) is 95.7 Å². The maximum Gasteiger partial charge on any atom is 0.239 e. The van der Waals surface area contributed by atoms with Gasteiger partial charge in [0, 0.05) is 17.7 Å². The van der Waals surface area contributed by atoms with E-state index in [9.17, 15) is 86.5 Å². The Bertz CT molecular complexity index is 2180. The molecule has 4 fully saturated rings. The number of hydrogen-bond acceptors (Lipinski definition) is 26. The molecule has 0 radical (unpaired) electrons. The van der Waals surface area contributed by atoms with Crippen molar-refractivity contribution >= 4 is 11.0 Å². The molecule has 0 amide bonds. The topological polar surface area (TPSA) is 428 Å². The molecule has 65 heavy (non-hydrogen) atoms. The first kappa shape index (κ1) is 48.7. The summed E-state index contributed by atoms with van der Waals surface area (Å²) in [6.07, 6.45) is -35.3. The minimum atomic E-state index is -2.09. The third-order valence-electron chi connectivity index (χ3n) is 11.6. The molecule has 0 saturated carbocycles. The van der Waals surface area contributed by atoms with E-state index < -0.39 is 198 Å². The first-order chi connectivity index (χ1) is 30.7. The number of aliphatic hydroxyl groups is 12. The van der Waals surface area contributed by atoms with Gasteiger partial charge in [0.05, 0.1) is 25.4 Å². The van der Waals surface area contributed by atoms with Crippen molar-refractivity contribution in [3.8, 4) is 45.8 Å². The number of phenols is 4. The zero-order valence-electron chi connectivity index (χ0n) is 34.0. The maximum absolute atomic E-state index is 14.5. The smallest absolute Gasteiger partial charge is 0.239 e. The van der Waals surface area contributed by atoms with Crippen LogP contribution in [0.3, 0.4) is 0 Å². The van der Waals surface area contributed by atoms with Gasteiger partial charge in [-0.25, -0.2) is 0 Å². The Labute approximate surface area is 364 Å². The number of benzene rings is 2. The van der Waals surface area contributed by atoms with E-state index in [0.29, 0.717) is 0 Å². The van der Waals surface area contributed by atoms with Gasteiger partial charge in [-0.1, -0.05) is 0 Å². The van der Waals surface area contributed by atoms with Crippen molar-refractivity contribution in [2.45, 2.75) is 137 Å². The van der Waals surface area contributed by atoms with Gasteiger partial charge in [0.2, 0.25) is 23.8 Å². The molecule has 4 aliphatic rings. The average molecular weight is 935 g/mol. The lowest BCUT2D eigenvalue weighted by Gasteiger charge is -2.45. The second kappa shape index (κ2) is 19.1. The molecule has 20 atom stereocenters. The van der Waals surface area contributed by atoms with Crippen molar-refractivity contribution in [3.63, 3.8) is 0 Å². The predicted molar refractivity (Wildman–Crippen MR) is 206 cm³/mol. The summed E-state index contributed by atoms with van der Waals surface area (Å²) in [4.78, 5) is 14.5. The normalized spacial score (nSPS) is 40.2. The van der Waals surface area contributed by atoms with Gasteiger partial charge in [0.25, 0.3) is 0 Å². The predicted octanol–water partition coefficient (Wildman–Crippen LogP) is -5.66. The highest BCUT2D eigenvalue weighted by Crippen LogP contribution is 2.44. The second-order valence-electron chi connectivity index (χ2n) is 16.0. The minimum absolute atomic E-state index is 0.406. The van der Waals surface area contributed by atoms with Crippen LogP contribution >= 0.6 is 0 Å². The molecule has 0 bridgehead atoms. The fourth-order valence-electron chi connectivity index (χ4n) is 7.76. The van der Waals surface area contributed by atoms with E-state index in [4.69, 9.17) is 42.3 Å². The van der Waals surface area contributed by atoms with Crippen LogP contribution in [-0.2, 0) is 28.4 Å². The fraction of sp³-hybridized carbons (Fsp3) is 0.615. The lowest BCUT2D eigenvalue weighted by atomic mass is 9.97. The van der Waals surface area contributed by atoms with Gasteiger partial charge >= 0.3 is 0 Å². The molecular weight excluding hydrogens is 884 g/mol. The molecule has 1 aromatic heterocycles. The van der Waals surface area contributed by atoms with Crippen molar-refractivity contribution < 1.29 is 124 Å². The quantitative estimate of drug-likeness (QED) is 0.0797. The zero-order chi connectivity index (χ0) is 47.5. The van der Waals surface area contributed by atoms with Crippen LogP contribution in [0.4, 0.5) is 0 Å².